The van der Waals surface area contributed by atoms with Gasteiger partial charge in [-0.3, -0.25) is 4.79 Å². The number of hydrogen-bond acceptors (Lipinski definition) is 2. The van der Waals surface area contributed by atoms with Gasteiger partial charge in [-0.05, 0) is 37.0 Å². The first-order chi connectivity index (χ1) is 12.3. The topological polar surface area (TPSA) is 70.2 Å². The summed E-state index contributed by atoms with van der Waals surface area (Å²) in [6.45, 7) is 0.538. The van der Waals surface area contributed by atoms with Crippen molar-refractivity contribution < 1.29 is 22.8 Å². The average molecular weight is 371 g/mol. The lowest BCUT2D eigenvalue weighted by molar-refractivity contribution is -0.137. The predicted molar refractivity (Wildman–Crippen MR) is 91.6 cm³/mol. The van der Waals surface area contributed by atoms with Gasteiger partial charge in [-0.1, -0.05) is 25.0 Å². The van der Waals surface area contributed by atoms with Gasteiger partial charge in [0, 0.05) is 25.6 Å². The maximum Gasteiger partial charge on any atom is 0.416 e. The maximum atomic E-state index is 12.5. The molecule has 0 aromatic heterocycles. The SMILES string of the molecule is O=C(CCNC(=O)NCCc1ccc(C(F)(F)F)cc1)NC1CCCC1. The molecular weight excluding hydrogens is 347 g/mol. The zero-order valence-corrected chi connectivity index (χ0v) is 14.5. The Morgan fingerprint density at radius 1 is 1.00 bits per heavy atom. The van der Waals surface area contributed by atoms with Gasteiger partial charge >= 0.3 is 12.2 Å². The minimum atomic E-state index is -4.35. The van der Waals surface area contributed by atoms with E-state index < -0.39 is 17.8 Å². The van der Waals surface area contributed by atoms with Crippen LogP contribution in [-0.4, -0.2) is 31.1 Å². The van der Waals surface area contributed by atoms with Crippen molar-refractivity contribution >= 4 is 11.9 Å². The van der Waals surface area contributed by atoms with Crippen LogP contribution in [0.2, 0.25) is 0 Å². The molecule has 0 aliphatic heterocycles. The van der Waals surface area contributed by atoms with Crippen molar-refractivity contribution in [2.45, 2.75) is 50.7 Å². The van der Waals surface area contributed by atoms with E-state index in [0.29, 0.717) is 18.5 Å². The molecule has 1 aromatic carbocycles. The van der Waals surface area contributed by atoms with Gasteiger partial charge in [-0.15, -0.1) is 0 Å². The first-order valence-electron chi connectivity index (χ1n) is 8.82. The van der Waals surface area contributed by atoms with Crippen LogP contribution in [0.4, 0.5) is 18.0 Å². The molecular formula is C18H24F3N3O2. The fourth-order valence-corrected chi connectivity index (χ4v) is 2.90. The lowest BCUT2D eigenvalue weighted by Crippen LogP contribution is -2.39. The van der Waals surface area contributed by atoms with Gasteiger partial charge in [0.25, 0.3) is 0 Å². The zero-order valence-electron chi connectivity index (χ0n) is 14.5. The van der Waals surface area contributed by atoms with Crippen LogP contribution in [0.1, 0.15) is 43.2 Å². The molecule has 1 aromatic rings. The van der Waals surface area contributed by atoms with E-state index in [4.69, 9.17) is 0 Å². The number of rotatable bonds is 7. The highest BCUT2D eigenvalue weighted by Crippen LogP contribution is 2.29. The Labute approximate surface area is 150 Å². The highest BCUT2D eigenvalue weighted by molar-refractivity contribution is 5.78. The second kappa shape index (κ2) is 9.45. The van der Waals surface area contributed by atoms with E-state index >= 15 is 0 Å². The van der Waals surface area contributed by atoms with Crippen molar-refractivity contribution in [3.63, 3.8) is 0 Å². The molecule has 2 rings (SSSR count). The predicted octanol–water partition coefficient (Wildman–Crippen LogP) is 3.00. The summed E-state index contributed by atoms with van der Waals surface area (Å²) < 4.78 is 37.4. The van der Waals surface area contributed by atoms with Crippen LogP contribution in [-0.2, 0) is 17.4 Å². The number of urea groups is 1. The number of benzene rings is 1. The van der Waals surface area contributed by atoms with E-state index in [2.05, 4.69) is 16.0 Å². The van der Waals surface area contributed by atoms with Crippen LogP contribution < -0.4 is 16.0 Å². The van der Waals surface area contributed by atoms with Crippen LogP contribution in [0.3, 0.4) is 0 Å². The minimum Gasteiger partial charge on any atom is -0.353 e. The van der Waals surface area contributed by atoms with E-state index in [1.807, 2.05) is 0 Å². The van der Waals surface area contributed by atoms with E-state index in [1.165, 1.54) is 12.1 Å². The van der Waals surface area contributed by atoms with E-state index in [1.54, 1.807) is 0 Å². The molecule has 26 heavy (non-hydrogen) atoms. The number of carbonyl (C=O) groups excluding carboxylic acids is 2. The molecule has 0 bridgehead atoms. The van der Waals surface area contributed by atoms with E-state index in [9.17, 15) is 22.8 Å². The standard InChI is InChI=1S/C18H24F3N3O2/c19-18(20,21)14-7-5-13(6-8-14)9-11-22-17(26)23-12-10-16(25)24-15-3-1-2-4-15/h5-8,15H,1-4,9-12H2,(H,24,25)(H2,22,23,26). The molecule has 8 heteroatoms. The van der Waals surface area contributed by atoms with Gasteiger partial charge in [0.05, 0.1) is 5.56 Å². The quantitative estimate of drug-likeness (QED) is 0.690. The summed E-state index contributed by atoms with van der Waals surface area (Å²) in [6.07, 6.45) is 0.625. The first-order valence-corrected chi connectivity index (χ1v) is 8.82. The number of alkyl halides is 3. The van der Waals surface area contributed by atoms with E-state index in [0.717, 1.165) is 37.8 Å². The molecule has 0 atom stereocenters. The molecule has 5 nitrogen and oxygen atoms in total. The van der Waals surface area contributed by atoms with Crippen molar-refractivity contribution in [1.82, 2.24) is 16.0 Å². The third-order valence-corrected chi connectivity index (χ3v) is 4.34. The Morgan fingerprint density at radius 2 is 1.62 bits per heavy atom. The molecule has 144 valence electrons. The van der Waals surface area contributed by atoms with E-state index in [-0.39, 0.29) is 24.9 Å². The highest BCUT2D eigenvalue weighted by atomic mass is 19.4. The molecule has 0 spiro atoms. The molecule has 0 unspecified atom stereocenters. The van der Waals surface area contributed by atoms with Gasteiger partial charge in [-0.25, -0.2) is 4.79 Å². The lowest BCUT2D eigenvalue weighted by Gasteiger charge is -2.12. The summed E-state index contributed by atoms with van der Waals surface area (Å²) in [4.78, 5) is 23.4. The van der Waals surface area contributed by atoms with Crippen LogP contribution in [0, 0.1) is 0 Å². The summed E-state index contributed by atoms with van der Waals surface area (Å²) in [5, 5.41) is 8.15. The summed E-state index contributed by atoms with van der Waals surface area (Å²) in [5.74, 6) is -0.0676. The number of hydrogen-bond donors (Lipinski definition) is 3. The molecule has 3 amide bonds. The molecule has 1 aliphatic carbocycles. The fraction of sp³-hybridized carbons (Fsp3) is 0.556. The third-order valence-electron chi connectivity index (χ3n) is 4.34. The zero-order chi connectivity index (χ0) is 19.0. The Kier molecular flexibility index (Phi) is 7.29. The molecule has 1 aliphatic rings. The average Bonchev–Trinajstić information content (AvgIpc) is 3.07. The van der Waals surface area contributed by atoms with Crippen molar-refractivity contribution in [2.24, 2.45) is 0 Å². The van der Waals surface area contributed by atoms with Crippen molar-refractivity contribution in [3.8, 4) is 0 Å². The number of carbonyl (C=O) groups is 2. The highest BCUT2D eigenvalue weighted by Gasteiger charge is 2.29. The van der Waals surface area contributed by atoms with Crippen LogP contribution in [0.5, 0.6) is 0 Å². The number of halogens is 3. The van der Waals surface area contributed by atoms with Crippen LogP contribution >= 0.6 is 0 Å². The lowest BCUT2D eigenvalue weighted by atomic mass is 10.1. The van der Waals surface area contributed by atoms with Crippen LogP contribution in [0.15, 0.2) is 24.3 Å². The number of nitrogens with one attached hydrogen (secondary N) is 3. The van der Waals surface area contributed by atoms with Crippen molar-refractivity contribution in [2.75, 3.05) is 13.1 Å². The molecule has 1 fully saturated rings. The normalized spacial score (nSPS) is 14.9. The molecule has 0 radical (unpaired) electrons. The molecule has 3 N–H and O–H groups in total. The Balaban J connectivity index is 1.57. The number of amides is 3. The minimum absolute atomic E-state index is 0.0676. The van der Waals surface area contributed by atoms with Crippen molar-refractivity contribution in [3.05, 3.63) is 35.4 Å². The van der Waals surface area contributed by atoms with Gasteiger partial charge in [0.2, 0.25) is 5.91 Å². The smallest absolute Gasteiger partial charge is 0.353 e. The Bertz CT molecular complexity index is 597. The second-order valence-corrected chi connectivity index (χ2v) is 6.43. The second-order valence-electron chi connectivity index (χ2n) is 6.43. The summed E-state index contributed by atoms with van der Waals surface area (Å²) in [5.41, 5.74) is 0.0112. The summed E-state index contributed by atoms with van der Waals surface area (Å²) in [7, 11) is 0. The maximum absolute atomic E-state index is 12.5. The fourth-order valence-electron chi connectivity index (χ4n) is 2.90. The summed E-state index contributed by atoms with van der Waals surface area (Å²) in [6, 6.07) is 4.72. The monoisotopic (exact) mass is 371 g/mol. The first kappa shape index (κ1) is 20.1. The van der Waals surface area contributed by atoms with Crippen LogP contribution in [0.25, 0.3) is 0 Å². The van der Waals surface area contributed by atoms with Gasteiger partial charge < -0.3 is 16.0 Å². The Morgan fingerprint density at radius 3 is 2.23 bits per heavy atom. The van der Waals surface area contributed by atoms with Gasteiger partial charge in [-0.2, -0.15) is 13.2 Å². The summed E-state index contributed by atoms with van der Waals surface area (Å²) >= 11 is 0. The van der Waals surface area contributed by atoms with Crippen molar-refractivity contribution in [1.29, 1.82) is 0 Å². The van der Waals surface area contributed by atoms with Gasteiger partial charge in [0.15, 0.2) is 0 Å². The molecule has 1 saturated carbocycles. The van der Waals surface area contributed by atoms with Gasteiger partial charge in [0.1, 0.15) is 0 Å². The molecule has 0 saturated heterocycles. The Hall–Kier alpha value is -2.25. The molecule has 0 heterocycles. The largest absolute Gasteiger partial charge is 0.416 e. The third kappa shape index (κ3) is 6.93.